The zero-order chi connectivity index (χ0) is 13.0. The van der Waals surface area contributed by atoms with Gasteiger partial charge in [-0.15, -0.1) is 0 Å². The van der Waals surface area contributed by atoms with E-state index < -0.39 is 0 Å². The van der Waals surface area contributed by atoms with Crippen molar-refractivity contribution in [2.45, 2.75) is 19.5 Å². The maximum atomic E-state index is 4.37. The topological polar surface area (TPSA) is 37.8 Å². The maximum Gasteiger partial charge on any atom is 0.0684 e. The lowest BCUT2D eigenvalue weighted by Crippen LogP contribution is -2.19. The summed E-state index contributed by atoms with van der Waals surface area (Å²) < 4.78 is 1.97. The third-order valence-corrected chi connectivity index (χ3v) is 3.76. The quantitative estimate of drug-likeness (QED) is 0.888. The van der Waals surface area contributed by atoms with Gasteiger partial charge in [0.25, 0.3) is 0 Å². The zero-order valence-electron chi connectivity index (χ0n) is 9.90. The maximum absolute atomic E-state index is 4.37. The van der Waals surface area contributed by atoms with Crippen molar-refractivity contribution in [3.8, 4) is 0 Å². The number of pyridine rings is 2. The summed E-state index contributed by atoms with van der Waals surface area (Å²) in [4.78, 5) is 8.49. The minimum Gasteiger partial charge on any atom is -0.304 e. The van der Waals surface area contributed by atoms with Crippen LogP contribution in [0.5, 0.6) is 0 Å². The lowest BCUT2D eigenvalue weighted by molar-refractivity contribution is 0.565. The van der Waals surface area contributed by atoms with Crippen LogP contribution >= 0.6 is 31.9 Å². The van der Waals surface area contributed by atoms with Gasteiger partial charge in [0.1, 0.15) is 0 Å². The molecule has 1 unspecified atom stereocenters. The van der Waals surface area contributed by atoms with Crippen molar-refractivity contribution in [1.82, 2.24) is 15.3 Å². The Kier molecular flexibility index (Phi) is 4.86. The fraction of sp³-hybridized carbons (Fsp3) is 0.231. The summed E-state index contributed by atoms with van der Waals surface area (Å²) in [5, 5.41) is 3.43. The first-order chi connectivity index (χ1) is 8.66. The number of hydrogen-bond donors (Lipinski definition) is 1. The van der Waals surface area contributed by atoms with Gasteiger partial charge in [0, 0.05) is 40.1 Å². The Morgan fingerprint density at radius 3 is 2.83 bits per heavy atom. The average molecular weight is 371 g/mol. The summed E-state index contributed by atoms with van der Waals surface area (Å²) in [5.74, 6) is 0. The fourth-order valence-corrected chi connectivity index (χ4v) is 2.70. The van der Waals surface area contributed by atoms with Gasteiger partial charge in [-0.3, -0.25) is 9.97 Å². The Morgan fingerprint density at radius 1 is 1.33 bits per heavy atom. The predicted octanol–water partition coefficient (Wildman–Crippen LogP) is 3.85. The van der Waals surface area contributed by atoms with Crippen molar-refractivity contribution in [3.63, 3.8) is 0 Å². The number of nitrogens with zero attached hydrogens (tertiary/aromatic N) is 2. The number of halogens is 2. The molecule has 0 radical (unpaired) electrons. The highest BCUT2D eigenvalue weighted by Gasteiger charge is 2.07. The van der Waals surface area contributed by atoms with Gasteiger partial charge in [-0.25, -0.2) is 0 Å². The van der Waals surface area contributed by atoms with E-state index in [2.05, 4.69) is 60.1 Å². The Hall–Kier alpha value is -0.780. The van der Waals surface area contributed by atoms with Gasteiger partial charge in [0.2, 0.25) is 0 Å². The highest BCUT2D eigenvalue weighted by molar-refractivity contribution is 9.11. The summed E-state index contributed by atoms with van der Waals surface area (Å²) in [6.07, 6.45) is 5.46. The number of hydrogen-bond acceptors (Lipinski definition) is 3. The third kappa shape index (κ3) is 3.60. The molecule has 0 saturated heterocycles. The van der Waals surface area contributed by atoms with Gasteiger partial charge < -0.3 is 5.32 Å². The lowest BCUT2D eigenvalue weighted by atomic mass is 10.1. The summed E-state index contributed by atoms with van der Waals surface area (Å²) in [6.45, 7) is 2.83. The number of aromatic nitrogens is 2. The Labute approximate surface area is 123 Å². The molecule has 1 atom stereocenters. The van der Waals surface area contributed by atoms with E-state index in [1.807, 2.05) is 18.3 Å². The van der Waals surface area contributed by atoms with E-state index >= 15 is 0 Å². The van der Waals surface area contributed by atoms with Crippen LogP contribution in [0.15, 0.2) is 45.7 Å². The molecule has 18 heavy (non-hydrogen) atoms. The van der Waals surface area contributed by atoms with E-state index in [1.54, 1.807) is 12.4 Å². The molecule has 0 aliphatic rings. The molecule has 1 N–H and O–H groups in total. The SMILES string of the molecule is CC(NCc1ncc(Br)cc1Br)c1cccnc1. The zero-order valence-corrected chi connectivity index (χ0v) is 13.1. The van der Waals surface area contributed by atoms with Gasteiger partial charge >= 0.3 is 0 Å². The van der Waals surface area contributed by atoms with Crippen LogP contribution in [-0.2, 0) is 6.54 Å². The molecule has 0 aliphatic carbocycles. The van der Waals surface area contributed by atoms with E-state index in [9.17, 15) is 0 Å². The first-order valence-corrected chi connectivity index (χ1v) is 7.18. The molecule has 0 saturated carbocycles. The molecule has 0 fully saturated rings. The van der Waals surface area contributed by atoms with Crippen molar-refractivity contribution in [2.75, 3.05) is 0 Å². The molecule has 5 heteroatoms. The van der Waals surface area contributed by atoms with Crippen LogP contribution in [0, 0.1) is 0 Å². The van der Waals surface area contributed by atoms with Gasteiger partial charge in [0.05, 0.1) is 5.69 Å². The first kappa shape index (κ1) is 13.6. The van der Waals surface area contributed by atoms with Gasteiger partial charge in [-0.1, -0.05) is 6.07 Å². The first-order valence-electron chi connectivity index (χ1n) is 5.60. The largest absolute Gasteiger partial charge is 0.304 e. The molecule has 0 spiro atoms. The number of rotatable bonds is 4. The lowest BCUT2D eigenvalue weighted by Gasteiger charge is -2.14. The van der Waals surface area contributed by atoms with Crippen LogP contribution in [0.2, 0.25) is 0 Å². The minimum atomic E-state index is 0.246. The van der Waals surface area contributed by atoms with E-state index in [0.717, 1.165) is 14.6 Å². The molecule has 3 nitrogen and oxygen atoms in total. The molecule has 0 amide bonds. The highest BCUT2D eigenvalue weighted by atomic mass is 79.9. The molecule has 2 aromatic rings. The standard InChI is InChI=1S/C13H13Br2N3/c1-9(10-3-2-4-16-6-10)17-8-13-12(15)5-11(14)7-18-13/h2-7,9,17H,8H2,1H3. The van der Waals surface area contributed by atoms with Crippen molar-refractivity contribution >= 4 is 31.9 Å². The molecular formula is C13H13Br2N3. The van der Waals surface area contributed by atoms with Crippen molar-refractivity contribution in [2.24, 2.45) is 0 Å². The summed E-state index contributed by atoms with van der Waals surface area (Å²) in [7, 11) is 0. The second kappa shape index (κ2) is 6.41. The molecule has 0 aliphatic heterocycles. The predicted molar refractivity (Wildman–Crippen MR) is 79.1 cm³/mol. The summed E-state index contributed by atoms with van der Waals surface area (Å²) in [6, 6.07) is 6.26. The molecular weight excluding hydrogens is 358 g/mol. The smallest absolute Gasteiger partial charge is 0.0684 e. The minimum absolute atomic E-state index is 0.246. The second-order valence-corrected chi connectivity index (χ2v) is 5.74. The Balaban J connectivity index is 1.99. The molecule has 2 rings (SSSR count). The van der Waals surface area contributed by atoms with Crippen LogP contribution in [0.25, 0.3) is 0 Å². The van der Waals surface area contributed by atoms with Crippen molar-refractivity contribution in [3.05, 3.63) is 57.0 Å². The van der Waals surface area contributed by atoms with Crippen LogP contribution in [0.4, 0.5) is 0 Å². The molecule has 0 bridgehead atoms. The van der Waals surface area contributed by atoms with Crippen LogP contribution in [0.3, 0.4) is 0 Å². The number of nitrogens with one attached hydrogen (secondary N) is 1. The summed E-state index contributed by atoms with van der Waals surface area (Å²) in [5.41, 5.74) is 2.17. The molecule has 94 valence electrons. The molecule has 2 aromatic heterocycles. The van der Waals surface area contributed by atoms with E-state index in [0.29, 0.717) is 6.54 Å². The van der Waals surface area contributed by atoms with E-state index in [4.69, 9.17) is 0 Å². The normalized spacial score (nSPS) is 12.4. The van der Waals surface area contributed by atoms with Crippen LogP contribution in [-0.4, -0.2) is 9.97 Å². The van der Waals surface area contributed by atoms with Gasteiger partial charge in [-0.05, 0) is 56.5 Å². The van der Waals surface area contributed by atoms with Gasteiger partial charge in [-0.2, -0.15) is 0 Å². The molecule has 2 heterocycles. The van der Waals surface area contributed by atoms with Crippen molar-refractivity contribution < 1.29 is 0 Å². The van der Waals surface area contributed by atoms with E-state index in [-0.39, 0.29) is 6.04 Å². The van der Waals surface area contributed by atoms with Crippen molar-refractivity contribution in [1.29, 1.82) is 0 Å². The monoisotopic (exact) mass is 369 g/mol. The van der Waals surface area contributed by atoms with E-state index in [1.165, 1.54) is 5.56 Å². The third-order valence-electron chi connectivity index (χ3n) is 2.64. The van der Waals surface area contributed by atoms with Crippen LogP contribution in [0.1, 0.15) is 24.2 Å². The Bertz CT molecular complexity index is 517. The average Bonchev–Trinajstić information content (AvgIpc) is 2.38. The Morgan fingerprint density at radius 2 is 2.17 bits per heavy atom. The highest BCUT2D eigenvalue weighted by Crippen LogP contribution is 2.20. The second-order valence-electron chi connectivity index (χ2n) is 3.97. The molecule has 0 aromatic carbocycles. The fourth-order valence-electron chi connectivity index (χ4n) is 1.57. The van der Waals surface area contributed by atoms with Crippen LogP contribution < -0.4 is 5.32 Å². The van der Waals surface area contributed by atoms with Gasteiger partial charge in [0.15, 0.2) is 0 Å². The summed E-state index contributed by atoms with van der Waals surface area (Å²) >= 11 is 6.90.